The average Bonchev–Trinajstić information content (AvgIpc) is 2.50. The maximum absolute atomic E-state index is 12.0. The molecule has 4 nitrogen and oxygen atoms in total. The Morgan fingerprint density at radius 3 is 2.71 bits per heavy atom. The molecule has 108 valence electrons. The molecule has 1 aromatic carbocycles. The topological polar surface area (TPSA) is 65.8 Å². The minimum atomic E-state index is -0.938. The van der Waals surface area contributed by atoms with Gasteiger partial charge in [0.1, 0.15) is 11.9 Å². The number of rotatable bonds is 6. The van der Waals surface area contributed by atoms with Crippen molar-refractivity contribution in [1.29, 1.82) is 5.26 Å². The van der Waals surface area contributed by atoms with Crippen molar-refractivity contribution in [3.05, 3.63) is 58.7 Å². The van der Waals surface area contributed by atoms with E-state index in [1.54, 1.807) is 12.1 Å². The fourth-order valence-corrected chi connectivity index (χ4v) is 2.93. The van der Waals surface area contributed by atoms with Gasteiger partial charge in [0.15, 0.2) is 5.69 Å². The monoisotopic (exact) mass is 319 g/mol. The maximum atomic E-state index is 12.0. The summed E-state index contributed by atoms with van der Waals surface area (Å²) in [5.41, 5.74) is 1.25. The summed E-state index contributed by atoms with van der Waals surface area (Å²) in [4.78, 5) is 4.07. The number of pyridine rings is 1. The quantitative estimate of drug-likeness (QED) is 0.889. The summed E-state index contributed by atoms with van der Waals surface area (Å²) >= 11 is 5.81. The zero-order valence-electron chi connectivity index (χ0n) is 11.3. The molecule has 1 N–H and O–H groups in total. The van der Waals surface area contributed by atoms with Crippen LogP contribution in [0.3, 0.4) is 0 Å². The van der Waals surface area contributed by atoms with E-state index in [1.807, 2.05) is 36.4 Å². The van der Waals surface area contributed by atoms with Gasteiger partial charge < -0.3 is 5.32 Å². The number of anilines is 1. The van der Waals surface area contributed by atoms with E-state index >= 15 is 0 Å². The smallest absolute Gasteiger partial charge is 0.161 e. The molecular formula is C15H14ClN3OS. The largest absolute Gasteiger partial charge is 0.369 e. The van der Waals surface area contributed by atoms with Gasteiger partial charge in [-0.05, 0) is 17.7 Å². The molecule has 6 heteroatoms. The van der Waals surface area contributed by atoms with Crippen molar-refractivity contribution in [2.75, 3.05) is 17.6 Å². The molecule has 0 bridgehead atoms. The summed E-state index contributed by atoms with van der Waals surface area (Å²) in [6.45, 7) is 0.527. The number of halogens is 1. The van der Waals surface area contributed by atoms with E-state index in [1.165, 1.54) is 0 Å². The standard InChI is InChI=1S/C15H14ClN3OS/c16-13-6-7-15(19-14(13)10-17)18-8-9-21(20)11-12-4-2-1-3-5-12/h1-7H,8-9,11H2,(H,18,19)/t21-/m1/s1. The molecule has 0 unspecified atom stereocenters. The van der Waals surface area contributed by atoms with Gasteiger partial charge in [0.25, 0.3) is 0 Å². The molecule has 0 aliphatic rings. The third kappa shape index (κ3) is 4.85. The molecule has 1 atom stereocenters. The van der Waals surface area contributed by atoms with E-state index in [9.17, 15) is 4.21 Å². The third-order valence-corrected chi connectivity index (χ3v) is 4.38. The average molecular weight is 320 g/mol. The molecule has 0 amide bonds. The fourth-order valence-electron chi connectivity index (χ4n) is 1.74. The number of aromatic nitrogens is 1. The molecule has 0 radical (unpaired) electrons. The molecule has 0 spiro atoms. The Labute approximate surface area is 131 Å². The summed E-state index contributed by atoms with van der Waals surface area (Å²) in [6.07, 6.45) is 0. The van der Waals surface area contributed by atoms with Crippen LogP contribution in [0.5, 0.6) is 0 Å². The van der Waals surface area contributed by atoms with E-state index in [-0.39, 0.29) is 5.69 Å². The second-order valence-corrected chi connectivity index (χ2v) is 6.32. The van der Waals surface area contributed by atoms with Gasteiger partial charge in [-0.3, -0.25) is 4.21 Å². The van der Waals surface area contributed by atoms with Crippen molar-refractivity contribution in [1.82, 2.24) is 4.98 Å². The van der Waals surface area contributed by atoms with E-state index in [4.69, 9.17) is 16.9 Å². The van der Waals surface area contributed by atoms with Crippen LogP contribution in [0.25, 0.3) is 0 Å². The van der Waals surface area contributed by atoms with Crippen LogP contribution in [0.1, 0.15) is 11.3 Å². The Bertz CT molecular complexity index is 670. The lowest BCUT2D eigenvalue weighted by atomic mass is 10.2. The normalized spacial score (nSPS) is 11.6. The molecule has 0 aliphatic carbocycles. The van der Waals surface area contributed by atoms with Crippen LogP contribution in [0.2, 0.25) is 5.02 Å². The number of benzene rings is 1. The molecular weight excluding hydrogens is 306 g/mol. The Morgan fingerprint density at radius 1 is 1.24 bits per heavy atom. The highest BCUT2D eigenvalue weighted by Gasteiger charge is 2.04. The summed E-state index contributed by atoms with van der Waals surface area (Å²) in [7, 11) is -0.938. The van der Waals surface area contributed by atoms with Crippen LogP contribution < -0.4 is 5.32 Å². The third-order valence-electron chi connectivity index (χ3n) is 2.76. The van der Waals surface area contributed by atoms with E-state index in [2.05, 4.69) is 10.3 Å². The lowest BCUT2D eigenvalue weighted by Crippen LogP contribution is -2.13. The Morgan fingerprint density at radius 2 is 2.00 bits per heavy atom. The number of hydrogen-bond donors (Lipinski definition) is 1. The van der Waals surface area contributed by atoms with Gasteiger partial charge in [0, 0.05) is 28.9 Å². The van der Waals surface area contributed by atoms with Crippen molar-refractivity contribution in [2.24, 2.45) is 0 Å². The lowest BCUT2D eigenvalue weighted by molar-refractivity contribution is 0.682. The van der Waals surface area contributed by atoms with Gasteiger partial charge in [-0.25, -0.2) is 4.98 Å². The van der Waals surface area contributed by atoms with Gasteiger partial charge in [-0.15, -0.1) is 0 Å². The summed E-state index contributed by atoms with van der Waals surface area (Å²) in [5.74, 6) is 1.62. The summed E-state index contributed by atoms with van der Waals surface area (Å²) in [6, 6.07) is 15.0. The highest BCUT2D eigenvalue weighted by Crippen LogP contribution is 2.15. The first-order valence-electron chi connectivity index (χ1n) is 6.38. The number of nitriles is 1. The second kappa shape index (κ2) is 7.77. The van der Waals surface area contributed by atoms with Crippen LogP contribution in [-0.4, -0.2) is 21.5 Å². The maximum Gasteiger partial charge on any atom is 0.161 e. The predicted molar refractivity (Wildman–Crippen MR) is 85.6 cm³/mol. The van der Waals surface area contributed by atoms with E-state index in [0.717, 1.165) is 5.56 Å². The van der Waals surface area contributed by atoms with E-state index in [0.29, 0.717) is 28.9 Å². The van der Waals surface area contributed by atoms with Gasteiger partial charge in [0.05, 0.1) is 5.02 Å². The molecule has 0 saturated heterocycles. The minimum absolute atomic E-state index is 0.187. The van der Waals surface area contributed by atoms with Gasteiger partial charge in [-0.2, -0.15) is 5.26 Å². The molecule has 21 heavy (non-hydrogen) atoms. The number of nitrogens with zero attached hydrogens (tertiary/aromatic N) is 2. The second-order valence-electron chi connectivity index (χ2n) is 4.34. The van der Waals surface area contributed by atoms with Crippen LogP contribution >= 0.6 is 11.6 Å². The molecule has 1 heterocycles. The van der Waals surface area contributed by atoms with Crippen molar-refractivity contribution >= 4 is 28.2 Å². The molecule has 0 fully saturated rings. The Balaban J connectivity index is 1.82. The van der Waals surface area contributed by atoms with Crippen LogP contribution in [0.15, 0.2) is 42.5 Å². The SMILES string of the molecule is N#Cc1nc(NCC[S@@](=O)Cc2ccccc2)ccc1Cl. The highest BCUT2D eigenvalue weighted by molar-refractivity contribution is 7.84. The zero-order chi connectivity index (χ0) is 15.1. The number of hydrogen-bond acceptors (Lipinski definition) is 4. The Kier molecular flexibility index (Phi) is 5.73. The highest BCUT2D eigenvalue weighted by atomic mass is 35.5. The molecule has 0 saturated carbocycles. The number of nitrogens with one attached hydrogen (secondary N) is 1. The molecule has 2 rings (SSSR count). The first kappa shape index (κ1) is 15.5. The summed E-state index contributed by atoms with van der Waals surface area (Å²) in [5, 5.41) is 12.2. The Hall–Kier alpha value is -1.90. The van der Waals surface area contributed by atoms with Gasteiger partial charge >= 0.3 is 0 Å². The first-order chi connectivity index (χ1) is 10.2. The van der Waals surface area contributed by atoms with Crippen LogP contribution in [0, 0.1) is 11.3 Å². The minimum Gasteiger partial charge on any atom is -0.369 e. The van der Waals surface area contributed by atoms with Crippen molar-refractivity contribution in [3.63, 3.8) is 0 Å². The molecule has 1 aromatic heterocycles. The molecule has 2 aromatic rings. The van der Waals surface area contributed by atoms with Crippen molar-refractivity contribution in [2.45, 2.75) is 5.75 Å². The van der Waals surface area contributed by atoms with Crippen molar-refractivity contribution < 1.29 is 4.21 Å². The van der Waals surface area contributed by atoms with Gasteiger partial charge in [0.2, 0.25) is 0 Å². The fraction of sp³-hybridized carbons (Fsp3) is 0.200. The van der Waals surface area contributed by atoms with Crippen LogP contribution in [0.4, 0.5) is 5.82 Å². The van der Waals surface area contributed by atoms with Crippen molar-refractivity contribution in [3.8, 4) is 6.07 Å². The van der Waals surface area contributed by atoms with Crippen LogP contribution in [-0.2, 0) is 16.6 Å². The first-order valence-corrected chi connectivity index (χ1v) is 8.25. The van der Waals surface area contributed by atoms with Gasteiger partial charge in [-0.1, -0.05) is 41.9 Å². The lowest BCUT2D eigenvalue weighted by Gasteiger charge is -2.06. The van der Waals surface area contributed by atoms with E-state index < -0.39 is 10.8 Å². The summed E-state index contributed by atoms with van der Waals surface area (Å²) < 4.78 is 12.0. The molecule has 0 aliphatic heterocycles. The predicted octanol–water partition coefficient (Wildman–Crippen LogP) is 2.97. The zero-order valence-corrected chi connectivity index (χ0v) is 12.8.